The second-order valence-electron chi connectivity index (χ2n) is 3.85. The number of nitrogens with zero attached hydrogens (tertiary/aromatic N) is 1. The maximum Gasteiger partial charge on any atom is 0.162 e. The number of ether oxygens (including phenoxy) is 2. The molecule has 4 nitrogen and oxygen atoms in total. The fourth-order valence-corrected chi connectivity index (χ4v) is 1.88. The van der Waals surface area contributed by atoms with Crippen molar-refractivity contribution in [1.82, 2.24) is 0 Å². The van der Waals surface area contributed by atoms with Crippen molar-refractivity contribution < 1.29 is 9.47 Å². The van der Waals surface area contributed by atoms with Crippen molar-refractivity contribution in [2.45, 2.75) is 20.3 Å². The van der Waals surface area contributed by atoms with Gasteiger partial charge in [-0.2, -0.15) is 0 Å². The van der Waals surface area contributed by atoms with Crippen molar-refractivity contribution in [3.8, 4) is 11.5 Å². The van der Waals surface area contributed by atoms with Crippen LogP contribution < -0.4 is 20.1 Å². The lowest BCUT2D eigenvalue weighted by Gasteiger charge is -2.25. The van der Waals surface area contributed by atoms with Crippen molar-refractivity contribution in [3.05, 3.63) is 12.1 Å². The van der Waals surface area contributed by atoms with Gasteiger partial charge in [-0.1, -0.05) is 6.92 Å². The van der Waals surface area contributed by atoms with Crippen molar-refractivity contribution in [3.63, 3.8) is 0 Å². The molecular formula is C13H22N2O2. The Labute approximate surface area is 103 Å². The van der Waals surface area contributed by atoms with Crippen LogP contribution in [-0.2, 0) is 0 Å². The molecule has 1 rings (SSSR count). The summed E-state index contributed by atoms with van der Waals surface area (Å²) in [6.07, 6.45) is 1.08. The first kappa shape index (κ1) is 13.5. The summed E-state index contributed by atoms with van der Waals surface area (Å²) in [5.41, 5.74) is 7.78. The highest BCUT2D eigenvalue weighted by Crippen LogP contribution is 2.36. The molecule has 0 aliphatic rings. The lowest BCUT2D eigenvalue weighted by atomic mass is 10.2. The zero-order chi connectivity index (χ0) is 12.8. The molecule has 0 aliphatic heterocycles. The van der Waals surface area contributed by atoms with Gasteiger partial charge in [-0.3, -0.25) is 0 Å². The van der Waals surface area contributed by atoms with E-state index in [1.54, 1.807) is 14.2 Å². The van der Waals surface area contributed by atoms with Gasteiger partial charge in [0.1, 0.15) is 0 Å². The van der Waals surface area contributed by atoms with Gasteiger partial charge < -0.3 is 20.1 Å². The number of nitrogen functional groups attached to an aromatic ring is 1. The highest BCUT2D eigenvalue weighted by molar-refractivity contribution is 5.73. The molecule has 1 aromatic carbocycles. The third-order valence-corrected chi connectivity index (χ3v) is 2.75. The van der Waals surface area contributed by atoms with E-state index >= 15 is 0 Å². The Kier molecular flexibility index (Phi) is 4.94. The first-order valence-corrected chi connectivity index (χ1v) is 5.94. The second-order valence-corrected chi connectivity index (χ2v) is 3.85. The van der Waals surface area contributed by atoms with E-state index in [0.717, 1.165) is 30.9 Å². The maximum absolute atomic E-state index is 6.05. The molecule has 0 fully saturated rings. The van der Waals surface area contributed by atoms with E-state index in [0.29, 0.717) is 11.5 Å². The quantitative estimate of drug-likeness (QED) is 0.774. The summed E-state index contributed by atoms with van der Waals surface area (Å²) in [7, 11) is 3.24. The molecule has 0 heterocycles. The van der Waals surface area contributed by atoms with Crippen molar-refractivity contribution in [2.24, 2.45) is 0 Å². The molecule has 96 valence electrons. The summed E-state index contributed by atoms with van der Waals surface area (Å²) in [5.74, 6) is 1.38. The lowest BCUT2D eigenvalue weighted by molar-refractivity contribution is 0.355. The molecule has 1 aromatic rings. The van der Waals surface area contributed by atoms with Crippen molar-refractivity contribution in [2.75, 3.05) is 37.9 Å². The van der Waals surface area contributed by atoms with Crippen LogP contribution in [0.5, 0.6) is 11.5 Å². The number of methoxy groups -OCH3 is 2. The summed E-state index contributed by atoms with van der Waals surface area (Å²) >= 11 is 0. The van der Waals surface area contributed by atoms with Gasteiger partial charge in [0.25, 0.3) is 0 Å². The Balaban J connectivity index is 3.14. The minimum absolute atomic E-state index is 0.668. The molecule has 2 N–H and O–H groups in total. The number of benzene rings is 1. The van der Waals surface area contributed by atoms with Crippen LogP contribution in [0.4, 0.5) is 11.4 Å². The Morgan fingerprint density at radius 1 is 1.12 bits per heavy atom. The van der Waals surface area contributed by atoms with Crippen LogP contribution in [0.1, 0.15) is 20.3 Å². The summed E-state index contributed by atoms with van der Waals surface area (Å²) in [5, 5.41) is 0. The summed E-state index contributed by atoms with van der Waals surface area (Å²) in [6.45, 7) is 6.18. The normalized spacial score (nSPS) is 10.1. The average Bonchev–Trinajstić information content (AvgIpc) is 2.36. The van der Waals surface area contributed by atoms with Gasteiger partial charge in [-0.15, -0.1) is 0 Å². The molecule has 0 radical (unpaired) electrons. The van der Waals surface area contributed by atoms with Crippen LogP contribution in [-0.4, -0.2) is 27.3 Å². The third-order valence-electron chi connectivity index (χ3n) is 2.75. The molecule has 0 atom stereocenters. The van der Waals surface area contributed by atoms with Gasteiger partial charge in [-0.05, 0) is 13.3 Å². The molecule has 17 heavy (non-hydrogen) atoms. The van der Waals surface area contributed by atoms with Crippen LogP contribution in [0, 0.1) is 0 Å². The zero-order valence-electron chi connectivity index (χ0n) is 11.1. The lowest BCUT2D eigenvalue weighted by Crippen LogP contribution is -2.24. The van der Waals surface area contributed by atoms with E-state index < -0.39 is 0 Å². The Bertz CT molecular complexity index is 367. The largest absolute Gasteiger partial charge is 0.493 e. The standard InChI is InChI=1S/C13H22N2O2/c1-5-7-15(6-2)11-9-13(17-4)12(16-3)8-10(11)14/h8-9H,5-7,14H2,1-4H3. The van der Waals surface area contributed by atoms with Crippen LogP contribution in [0.25, 0.3) is 0 Å². The van der Waals surface area contributed by atoms with Gasteiger partial charge in [0.05, 0.1) is 25.6 Å². The number of hydrogen-bond acceptors (Lipinski definition) is 4. The van der Waals surface area contributed by atoms with Gasteiger partial charge in [0.15, 0.2) is 11.5 Å². The molecule has 0 aliphatic carbocycles. The van der Waals surface area contributed by atoms with Gasteiger partial charge >= 0.3 is 0 Å². The van der Waals surface area contributed by atoms with Crippen LogP contribution in [0.3, 0.4) is 0 Å². The van der Waals surface area contributed by atoms with Crippen molar-refractivity contribution >= 4 is 11.4 Å². The average molecular weight is 238 g/mol. The molecule has 0 bridgehead atoms. The highest BCUT2D eigenvalue weighted by atomic mass is 16.5. The fraction of sp³-hybridized carbons (Fsp3) is 0.538. The van der Waals surface area contributed by atoms with E-state index in [4.69, 9.17) is 15.2 Å². The zero-order valence-corrected chi connectivity index (χ0v) is 11.1. The van der Waals surface area contributed by atoms with Gasteiger partial charge in [0, 0.05) is 25.2 Å². The SMILES string of the molecule is CCCN(CC)c1cc(OC)c(OC)cc1N. The molecule has 0 saturated heterocycles. The first-order valence-electron chi connectivity index (χ1n) is 5.94. The van der Waals surface area contributed by atoms with E-state index in [1.165, 1.54) is 0 Å². The Morgan fingerprint density at radius 3 is 2.18 bits per heavy atom. The maximum atomic E-state index is 6.05. The van der Waals surface area contributed by atoms with Crippen LogP contribution >= 0.6 is 0 Å². The van der Waals surface area contributed by atoms with Gasteiger partial charge in [0.2, 0.25) is 0 Å². The van der Waals surface area contributed by atoms with E-state index in [9.17, 15) is 0 Å². The Hall–Kier alpha value is -1.58. The van der Waals surface area contributed by atoms with Crippen LogP contribution in [0.2, 0.25) is 0 Å². The molecule has 4 heteroatoms. The molecule has 0 aromatic heterocycles. The summed E-state index contributed by atoms with van der Waals surface area (Å²) in [6, 6.07) is 3.75. The predicted molar refractivity (Wildman–Crippen MR) is 72.1 cm³/mol. The van der Waals surface area contributed by atoms with Crippen molar-refractivity contribution in [1.29, 1.82) is 0 Å². The van der Waals surface area contributed by atoms with E-state index in [-0.39, 0.29) is 0 Å². The minimum atomic E-state index is 0.668. The minimum Gasteiger partial charge on any atom is -0.493 e. The molecular weight excluding hydrogens is 216 g/mol. The molecule has 0 amide bonds. The third kappa shape index (κ3) is 2.96. The fourth-order valence-electron chi connectivity index (χ4n) is 1.88. The smallest absolute Gasteiger partial charge is 0.162 e. The second kappa shape index (κ2) is 6.23. The predicted octanol–water partition coefficient (Wildman–Crippen LogP) is 2.52. The molecule has 0 spiro atoms. The monoisotopic (exact) mass is 238 g/mol. The molecule has 0 saturated carbocycles. The number of rotatable bonds is 6. The van der Waals surface area contributed by atoms with Crippen LogP contribution in [0.15, 0.2) is 12.1 Å². The number of nitrogens with two attached hydrogens (primary N) is 1. The van der Waals surface area contributed by atoms with Gasteiger partial charge in [-0.25, -0.2) is 0 Å². The number of anilines is 2. The summed E-state index contributed by atoms with van der Waals surface area (Å²) in [4.78, 5) is 2.23. The molecule has 0 unspecified atom stereocenters. The summed E-state index contributed by atoms with van der Waals surface area (Å²) < 4.78 is 10.5. The Morgan fingerprint density at radius 2 is 1.71 bits per heavy atom. The first-order chi connectivity index (χ1) is 8.17. The highest BCUT2D eigenvalue weighted by Gasteiger charge is 2.13. The topological polar surface area (TPSA) is 47.7 Å². The number of hydrogen-bond donors (Lipinski definition) is 1. The van der Waals surface area contributed by atoms with E-state index in [2.05, 4.69) is 18.7 Å². The van der Waals surface area contributed by atoms with E-state index in [1.807, 2.05) is 12.1 Å².